The van der Waals surface area contributed by atoms with Crippen LogP contribution in [0.3, 0.4) is 0 Å². The lowest BCUT2D eigenvalue weighted by Crippen LogP contribution is -2.43. The highest BCUT2D eigenvalue weighted by atomic mass is 16.5. The maximum atomic E-state index is 12.4. The molecule has 1 heterocycles. The van der Waals surface area contributed by atoms with Crippen LogP contribution in [0.5, 0.6) is 11.5 Å². The molecule has 2 aromatic carbocycles. The van der Waals surface area contributed by atoms with Crippen molar-refractivity contribution in [1.82, 2.24) is 4.90 Å². The van der Waals surface area contributed by atoms with Gasteiger partial charge in [0.2, 0.25) is 0 Å². The van der Waals surface area contributed by atoms with Crippen molar-refractivity contribution in [3.05, 3.63) is 59.7 Å². The van der Waals surface area contributed by atoms with Crippen molar-refractivity contribution < 1.29 is 33.3 Å². The van der Waals surface area contributed by atoms with Crippen LogP contribution >= 0.6 is 0 Å². The van der Waals surface area contributed by atoms with E-state index in [1.54, 1.807) is 48.2 Å². The Balaban J connectivity index is 1.60. The third kappa shape index (κ3) is 6.29. The van der Waals surface area contributed by atoms with Gasteiger partial charge in [0.15, 0.2) is 30.5 Å². The average molecular weight is 427 g/mol. The fourth-order valence-corrected chi connectivity index (χ4v) is 2.99. The summed E-state index contributed by atoms with van der Waals surface area (Å²) in [5.74, 6) is -0.420. The summed E-state index contributed by atoms with van der Waals surface area (Å²) < 4.78 is 21.6. The smallest absolute Gasteiger partial charge is 0.338 e. The molecule has 164 valence electrons. The van der Waals surface area contributed by atoms with E-state index in [2.05, 4.69) is 0 Å². The van der Waals surface area contributed by atoms with Gasteiger partial charge < -0.3 is 23.8 Å². The summed E-state index contributed by atoms with van der Waals surface area (Å²) in [6, 6.07) is 13.1. The van der Waals surface area contributed by atoms with Gasteiger partial charge in [0.25, 0.3) is 5.91 Å². The number of esters is 1. The van der Waals surface area contributed by atoms with Crippen LogP contribution in [-0.4, -0.2) is 68.7 Å². The first kappa shape index (κ1) is 22.3. The standard InChI is InChI=1S/C23H25NO7/c1-2-29-21-14-18(23(27)31-15-19(25)17-6-4-3-5-7-17)8-9-20(21)30-16-22(26)24-10-12-28-13-11-24/h3-9,14H,2,10-13,15-16H2,1H3. The molecule has 0 atom stereocenters. The normalized spacial score (nSPS) is 13.4. The van der Waals surface area contributed by atoms with Crippen LogP contribution in [0.2, 0.25) is 0 Å². The van der Waals surface area contributed by atoms with E-state index < -0.39 is 5.97 Å². The fourth-order valence-electron chi connectivity index (χ4n) is 2.99. The summed E-state index contributed by atoms with van der Waals surface area (Å²) in [6.45, 7) is 3.73. The third-order valence-corrected chi connectivity index (χ3v) is 4.62. The summed E-state index contributed by atoms with van der Waals surface area (Å²) >= 11 is 0. The van der Waals surface area contributed by atoms with E-state index in [1.807, 2.05) is 0 Å². The number of hydrogen-bond donors (Lipinski definition) is 0. The molecule has 0 bridgehead atoms. The number of carbonyl (C=O) groups excluding carboxylic acids is 3. The van der Waals surface area contributed by atoms with Gasteiger partial charge in [-0.2, -0.15) is 0 Å². The molecule has 0 spiro atoms. The lowest BCUT2D eigenvalue weighted by atomic mass is 10.1. The van der Waals surface area contributed by atoms with Gasteiger partial charge in [-0.25, -0.2) is 4.79 Å². The second-order valence-electron chi connectivity index (χ2n) is 6.74. The number of morpholine rings is 1. The summed E-state index contributed by atoms with van der Waals surface area (Å²) in [4.78, 5) is 38.5. The van der Waals surface area contributed by atoms with Crippen LogP contribution in [0.4, 0.5) is 0 Å². The minimum absolute atomic E-state index is 0.143. The van der Waals surface area contributed by atoms with E-state index in [4.69, 9.17) is 18.9 Å². The van der Waals surface area contributed by atoms with Crippen LogP contribution in [0.25, 0.3) is 0 Å². The SMILES string of the molecule is CCOc1cc(C(=O)OCC(=O)c2ccccc2)ccc1OCC(=O)N1CCOCC1. The molecular formula is C23H25NO7. The van der Waals surface area contributed by atoms with Crippen molar-refractivity contribution in [2.24, 2.45) is 0 Å². The van der Waals surface area contributed by atoms with Gasteiger partial charge in [-0.05, 0) is 25.1 Å². The van der Waals surface area contributed by atoms with Crippen LogP contribution in [-0.2, 0) is 14.3 Å². The zero-order chi connectivity index (χ0) is 22.1. The Morgan fingerprint density at radius 2 is 1.65 bits per heavy atom. The van der Waals surface area contributed by atoms with Gasteiger partial charge in [-0.3, -0.25) is 9.59 Å². The maximum Gasteiger partial charge on any atom is 0.338 e. The van der Waals surface area contributed by atoms with Gasteiger partial charge >= 0.3 is 5.97 Å². The largest absolute Gasteiger partial charge is 0.490 e. The minimum Gasteiger partial charge on any atom is -0.490 e. The minimum atomic E-state index is -0.652. The zero-order valence-corrected chi connectivity index (χ0v) is 17.4. The van der Waals surface area contributed by atoms with E-state index in [0.717, 1.165) is 0 Å². The van der Waals surface area contributed by atoms with Crippen molar-refractivity contribution in [3.8, 4) is 11.5 Å². The molecule has 31 heavy (non-hydrogen) atoms. The maximum absolute atomic E-state index is 12.4. The van der Waals surface area contributed by atoms with Crippen LogP contribution in [0.15, 0.2) is 48.5 Å². The van der Waals surface area contributed by atoms with Gasteiger partial charge in [-0.1, -0.05) is 30.3 Å². The molecular weight excluding hydrogens is 402 g/mol. The molecule has 1 amide bonds. The van der Waals surface area contributed by atoms with Crippen LogP contribution < -0.4 is 9.47 Å². The summed E-state index contributed by atoms with van der Waals surface area (Å²) in [5, 5.41) is 0. The Labute approximate surface area is 180 Å². The summed E-state index contributed by atoms with van der Waals surface area (Å²) in [5.41, 5.74) is 0.690. The van der Waals surface area contributed by atoms with Crippen molar-refractivity contribution in [3.63, 3.8) is 0 Å². The zero-order valence-electron chi connectivity index (χ0n) is 17.4. The molecule has 0 radical (unpaired) electrons. The Hall–Kier alpha value is -3.39. The molecule has 1 aliphatic heterocycles. The molecule has 1 saturated heterocycles. The molecule has 0 aromatic heterocycles. The molecule has 0 saturated carbocycles. The lowest BCUT2D eigenvalue weighted by Gasteiger charge is -2.26. The van der Waals surface area contributed by atoms with Gasteiger partial charge in [0, 0.05) is 18.7 Å². The first-order valence-corrected chi connectivity index (χ1v) is 10.1. The number of benzene rings is 2. The molecule has 8 heteroatoms. The summed E-state index contributed by atoms with van der Waals surface area (Å²) in [6.07, 6.45) is 0. The van der Waals surface area contributed by atoms with Gasteiger partial charge in [0.05, 0.1) is 25.4 Å². The Bertz CT molecular complexity index is 907. The van der Waals surface area contributed by atoms with E-state index >= 15 is 0 Å². The lowest BCUT2D eigenvalue weighted by molar-refractivity contribution is -0.137. The molecule has 3 rings (SSSR count). The highest BCUT2D eigenvalue weighted by Crippen LogP contribution is 2.29. The highest BCUT2D eigenvalue weighted by Gasteiger charge is 2.19. The fraction of sp³-hybridized carbons (Fsp3) is 0.348. The number of Topliss-reactive ketones (excluding diaryl/α,β-unsaturated/α-hetero) is 1. The second kappa shape index (κ2) is 11.1. The molecule has 0 aliphatic carbocycles. The molecule has 0 unspecified atom stereocenters. The highest BCUT2D eigenvalue weighted by molar-refractivity contribution is 5.99. The molecule has 0 N–H and O–H groups in total. The van der Waals surface area contributed by atoms with E-state index in [0.29, 0.717) is 50.0 Å². The van der Waals surface area contributed by atoms with Gasteiger partial charge in [-0.15, -0.1) is 0 Å². The van der Waals surface area contributed by atoms with Crippen molar-refractivity contribution in [2.75, 3.05) is 46.1 Å². The number of hydrogen-bond acceptors (Lipinski definition) is 7. The van der Waals surface area contributed by atoms with Crippen molar-refractivity contribution in [1.29, 1.82) is 0 Å². The first-order chi connectivity index (χ1) is 15.1. The number of amides is 1. The quantitative estimate of drug-likeness (QED) is 0.448. The summed E-state index contributed by atoms with van der Waals surface area (Å²) in [7, 11) is 0. The second-order valence-corrected chi connectivity index (χ2v) is 6.74. The van der Waals surface area contributed by atoms with Crippen molar-refractivity contribution in [2.45, 2.75) is 6.92 Å². The van der Waals surface area contributed by atoms with Crippen molar-refractivity contribution >= 4 is 17.7 Å². The van der Waals surface area contributed by atoms with Crippen LogP contribution in [0.1, 0.15) is 27.6 Å². The monoisotopic (exact) mass is 427 g/mol. The Morgan fingerprint density at radius 3 is 2.35 bits per heavy atom. The predicted molar refractivity (Wildman–Crippen MR) is 112 cm³/mol. The number of nitrogens with zero attached hydrogens (tertiary/aromatic N) is 1. The first-order valence-electron chi connectivity index (χ1n) is 10.1. The number of ketones is 1. The molecule has 1 aliphatic rings. The number of rotatable bonds is 9. The Morgan fingerprint density at radius 1 is 0.903 bits per heavy atom. The van der Waals surface area contributed by atoms with E-state index in [-0.39, 0.29) is 30.5 Å². The topological polar surface area (TPSA) is 91.4 Å². The molecule has 2 aromatic rings. The van der Waals surface area contributed by atoms with Gasteiger partial charge in [0.1, 0.15) is 0 Å². The third-order valence-electron chi connectivity index (χ3n) is 4.62. The average Bonchev–Trinajstić information content (AvgIpc) is 2.82. The number of carbonyl (C=O) groups is 3. The van der Waals surface area contributed by atoms with Crippen LogP contribution in [0, 0.1) is 0 Å². The van der Waals surface area contributed by atoms with E-state index in [1.165, 1.54) is 12.1 Å². The molecule has 8 nitrogen and oxygen atoms in total. The molecule has 1 fully saturated rings. The predicted octanol–water partition coefficient (Wildman–Crippen LogP) is 2.36. The Kier molecular flexibility index (Phi) is 8.00. The van der Waals surface area contributed by atoms with E-state index in [9.17, 15) is 14.4 Å². The number of ether oxygens (including phenoxy) is 4.